The monoisotopic (exact) mass is 276 g/mol. The number of ether oxygens (including phenoxy) is 2. The van der Waals surface area contributed by atoms with Crippen LogP contribution in [0.2, 0.25) is 0 Å². The minimum absolute atomic E-state index is 0.574. The molecule has 1 heterocycles. The summed E-state index contributed by atoms with van der Waals surface area (Å²) in [7, 11) is 1.69. The molecule has 110 valence electrons. The Hall–Kier alpha value is -1.26. The van der Waals surface area contributed by atoms with Crippen molar-refractivity contribution in [1.82, 2.24) is 4.90 Å². The Morgan fingerprint density at radius 1 is 1.25 bits per heavy atom. The summed E-state index contributed by atoms with van der Waals surface area (Å²) in [5, 5.41) is 3.63. The molecule has 20 heavy (non-hydrogen) atoms. The maximum atomic E-state index is 5.65. The van der Waals surface area contributed by atoms with E-state index in [0.717, 1.165) is 17.5 Å². The normalized spacial score (nSPS) is 22.9. The number of rotatable bonds is 7. The van der Waals surface area contributed by atoms with Crippen molar-refractivity contribution in [2.75, 3.05) is 38.7 Å². The van der Waals surface area contributed by atoms with Crippen molar-refractivity contribution in [2.45, 2.75) is 31.3 Å². The van der Waals surface area contributed by atoms with E-state index in [-0.39, 0.29) is 0 Å². The van der Waals surface area contributed by atoms with Crippen molar-refractivity contribution in [3.63, 3.8) is 0 Å². The largest absolute Gasteiger partial charge is 0.491 e. The van der Waals surface area contributed by atoms with Gasteiger partial charge in [0.1, 0.15) is 12.4 Å². The number of hydrogen-bond donors (Lipinski definition) is 1. The zero-order valence-corrected chi connectivity index (χ0v) is 12.2. The minimum atomic E-state index is 0.574. The second-order valence-corrected chi connectivity index (χ2v) is 5.73. The van der Waals surface area contributed by atoms with Crippen LogP contribution in [0.15, 0.2) is 24.3 Å². The summed E-state index contributed by atoms with van der Waals surface area (Å²) in [4.78, 5) is 2.62. The molecule has 1 saturated carbocycles. The Labute approximate surface area is 121 Å². The van der Waals surface area contributed by atoms with E-state index in [4.69, 9.17) is 9.47 Å². The van der Waals surface area contributed by atoms with Crippen LogP contribution in [-0.2, 0) is 4.74 Å². The second kappa shape index (κ2) is 6.46. The molecular formula is C16H24N2O2. The molecule has 2 aliphatic rings. The lowest BCUT2D eigenvalue weighted by Crippen LogP contribution is -2.27. The first-order chi connectivity index (χ1) is 9.85. The molecule has 0 spiro atoms. The first kappa shape index (κ1) is 13.7. The van der Waals surface area contributed by atoms with Gasteiger partial charge in [0.25, 0.3) is 0 Å². The van der Waals surface area contributed by atoms with Gasteiger partial charge in [-0.3, -0.25) is 4.90 Å². The van der Waals surface area contributed by atoms with Gasteiger partial charge >= 0.3 is 0 Å². The van der Waals surface area contributed by atoms with E-state index in [1.54, 1.807) is 7.11 Å². The smallest absolute Gasteiger partial charge is 0.121 e. The number of nitrogens with one attached hydrogen (secondary N) is 1. The molecule has 1 aromatic carbocycles. The third-order valence-electron chi connectivity index (χ3n) is 4.04. The Kier molecular flexibility index (Phi) is 4.43. The van der Waals surface area contributed by atoms with Gasteiger partial charge in [-0.25, -0.2) is 0 Å². The maximum absolute atomic E-state index is 5.65. The second-order valence-electron chi connectivity index (χ2n) is 5.73. The molecule has 0 aromatic heterocycles. The van der Waals surface area contributed by atoms with E-state index in [0.29, 0.717) is 19.3 Å². The lowest BCUT2D eigenvalue weighted by molar-refractivity contribution is 0.146. The van der Waals surface area contributed by atoms with Crippen LogP contribution >= 0.6 is 0 Å². The summed E-state index contributed by atoms with van der Waals surface area (Å²) in [6.45, 7) is 3.64. The lowest BCUT2D eigenvalue weighted by atomic mass is 10.2. The molecule has 0 radical (unpaired) electrons. The number of anilines is 1. The van der Waals surface area contributed by atoms with Crippen LogP contribution in [0, 0.1) is 0 Å². The highest BCUT2D eigenvalue weighted by molar-refractivity contribution is 5.49. The van der Waals surface area contributed by atoms with Gasteiger partial charge in [-0.2, -0.15) is 0 Å². The predicted octanol–water partition coefficient (Wildman–Crippen LogP) is 2.36. The van der Waals surface area contributed by atoms with Gasteiger partial charge in [-0.1, -0.05) is 6.07 Å². The fourth-order valence-corrected chi connectivity index (χ4v) is 2.83. The average Bonchev–Trinajstić information content (AvgIpc) is 3.21. The van der Waals surface area contributed by atoms with Crippen LogP contribution < -0.4 is 10.1 Å². The van der Waals surface area contributed by atoms with Crippen LogP contribution in [-0.4, -0.2) is 50.4 Å². The number of benzene rings is 1. The molecule has 1 atom stereocenters. The SMILES string of the molecule is COCCOc1cccc(NC2CCN(C3CC3)C2)c1. The van der Waals surface area contributed by atoms with Crippen LogP contribution in [0.4, 0.5) is 5.69 Å². The highest BCUT2D eigenvalue weighted by atomic mass is 16.5. The van der Waals surface area contributed by atoms with E-state index < -0.39 is 0 Å². The molecule has 0 amide bonds. The van der Waals surface area contributed by atoms with Crippen molar-refractivity contribution in [2.24, 2.45) is 0 Å². The van der Waals surface area contributed by atoms with Gasteiger partial charge in [0, 0.05) is 44.0 Å². The van der Waals surface area contributed by atoms with E-state index >= 15 is 0 Å². The standard InChI is InChI=1S/C16H24N2O2/c1-19-9-10-20-16-4-2-3-13(11-16)17-14-7-8-18(12-14)15-5-6-15/h2-4,11,14-15,17H,5-10,12H2,1H3. The Morgan fingerprint density at radius 3 is 2.95 bits per heavy atom. The molecule has 3 rings (SSSR count). The summed E-state index contributed by atoms with van der Waals surface area (Å²) in [6, 6.07) is 9.68. The fourth-order valence-electron chi connectivity index (χ4n) is 2.83. The molecule has 1 aromatic rings. The summed E-state index contributed by atoms with van der Waals surface area (Å²) >= 11 is 0. The van der Waals surface area contributed by atoms with Crippen LogP contribution in [0.1, 0.15) is 19.3 Å². The molecule has 1 unspecified atom stereocenters. The number of hydrogen-bond acceptors (Lipinski definition) is 4. The van der Waals surface area contributed by atoms with Crippen molar-refractivity contribution >= 4 is 5.69 Å². The van der Waals surface area contributed by atoms with Gasteiger partial charge in [0.05, 0.1) is 6.61 Å². The fraction of sp³-hybridized carbons (Fsp3) is 0.625. The molecule has 1 aliphatic carbocycles. The van der Waals surface area contributed by atoms with E-state index in [9.17, 15) is 0 Å². The quantitative estimate of drug-likeness (QED) is 0.775. The van der Waals surface area contributed by atoms with Crippen molar-refractivity contribution < 1.29 is 9.47 Å². The van der Waals surface area contributed by atoms with Gasteiger partial charge in [0.15, 0.2) is 0 Å². The predicted molar refractivity (Wildman–Crippen MR) is 80.4 cm³/mol. The van der Waals surface area contributed by atoms with Crippen LogP contribution in [0.5, 0.6) is 5.75 Å². The molecule has 0 bridgehead atoms. The summed E-state index contributed by atoms with van der Waals surface area (Å²) in [5.74, 6) is 0.907. The summed E-state index contributed by atoms with van der Waals surface area (Å²) in [6.07, 6.45) is 4.04. The first-order valence-electron chi connectivity index (χ1n) is 7.57. The molecule has 1 saturated heterocycles. The van der Waals surface area contributed by atoms with Crippen molar-refractivity contribution in [1.29, 1.82) is 0 Å². The number of likely N-dealkylation sites (tertiary alicyclic amines) is 1. The van der Waals surface area contributed by atoms with Gasteiger partial charge < -0.3 is 14.8 Å². The number of methoxy groups -OCH3 is 1. The first-order valence-corrected chi connectivity index (χ1v) is 7.57. The van der Waals surface area contributed by atoms with E-state index in [2.05, 4.69) is 22.3 Å². The molecule has 1 N–H and O–H groups in total. The topological polar surface area (TPSA) is 33.7 Å². The van der Waals surface area contributed by atoms with Crippen molar-refractivity contribution in [3.05, 3.63) is 24.3 Å². The lowest BCUT2D eigenvalue weighted by Gasteiger charge is -2.17. The summed E-state index contributed by atoms with van der Waals surface area (Å²) in [5.41, 5.74) is 1.16. The van der Waals surface area contributed by atoms with Gasteiger partial charge in [-0.15, -0.1) is 0 Å². The van der Waals surface area contributed by atoms with Crippen LogP contribution in [0.25, 0.3) is 0 Å². The molecule has 4 heteroatoms. The summed E-state index contributed by atoms with van der Waals surface area (Å²) < 4.78 is 10.6. The Morgan fingerprint density at radius 2 is 2.15 bits per heavy atom. The minimum Gasteiger partial charge on any atom is -0.491 e. The highest BCUT2D eigenvalue weighted by Gasteiger charge is 2.34. The molecule has 4 nitrogen and oxygen atoms in total. The molecule has 1 aliphatic heterocycles. The highest BCUT2D eigenvalue weighted by Crippen LogP contribution is 2.30. The van der Waals surface area contributed by atoms with E-state index in [1.807, 2.05) is 12.1 Å². The van der Waals surface area contributed by atoms with Crippen LogP contribution in [0.3, 0.4) is 0 Å². The average molecular weight is 276 g/mol. The Bertz CT molecular complexity index is 434. The zero-order valence-electron chi connectivity index (χ0n) is 12.2. The van der Waals surface area contributed by atoms with Crippen molar-refractivity contribution in [3.8, 4) is 5.75 Å². The van der Waals surface area contributed by atoms with E-state index in [1.165, 1.54) is 32.4 Å². The molecular weight excluding hydrogens is 252 g/mol. The Balaban J connectivity index is 1.50. The third-order valence-corrected chi connectivity index (χ3v) is 4.04. The number of nitrogens with zero attached hydrogens (tertiary/aromatic N) is 1. The maximum Gasteiger partial charge on any atom is 0.121 e. The van der Waals surface area contributed by atoms with Gasteiger partial charge in [-0.05, 0) is 31.4 Å². The van der Waals surface area contributed by atoms with Gasteiger partial charge in [0.2, 0.25) is 0 Å². The third kappa shape index (κ3) is 3.64. The zero-order chi connectivity index (χ0) is 13.8. The molecule has 2 fully saturated rings.